The van der Waals surface area contributed by atoms with E-state index in [2.05, 4.69) is 5.32 Å². The van der Waals surface area contributed by atoms with Crippen LogP contribution in [0.1, 0.15) is 36.5 Å². The van der Waals surface area contributed by atoms with Gasteiger partial charge in [0.25, 0.3) is 5.56 Å². The normalized spacial score (nSPS) is 18.3. The van der Waals surface area contributed by atoms with E-state index in [0.717, 1.165) is 16.5 Å². The average molecular weight is 448 g/mol. The highest BCUT2D eigenvalue weighted by Gasteiger charge is 2.50. The number of hydrogen-bond acceptors (Lipinski definition) is 7. The smallest absolute Gasteiger partial charge is 0.408 e. The lowest BCUT2D eigenvalue weighted by molar-refractivity contribution is -0.172. The van der Waals surface area contributed by atoms with Gasteiger partial charge in [0.1, 0.15) is 6.61 Å². The molecule has 0 radical (unpaired) electrons. The number of rotatable bonds is 5. The number of alkyl carbamates (subject to hydrolysis) is 1. The van der Waals surface area contributed by atoms with Crippen LogP contribution in [-0.2, 0) is 33.0 Å². The van der Waals surface area contributed by atoms with E-state index in [1.165, 1.54) is 0 Å². The Hall–Kier alpha value is -3.72. The first kappa shape index (κ1) is 21.1. The van der Waals surface area contributed by atoms with Gasteiger partial charge in [-0.1, -0.05) is 25.1 Å². The van der Waals surface area contributed by atoms with Crippen molar-refractivity contribution < 1.29 is 19.1 Å². The van der Waals surface area contributed by atoms with Crippen LogP contribution < -0.4 is 16.6 Å². The summed E-state index contributed by atoms with van der Waals surface area (Å²) < 4.78 is 12.6. The Bertz CT molecular complexity index is 1350. The van der Waals surface area contributed by atoms with E-state index in [1.807, 2.05) is 30.3 Å². The Morgan fingerprint density at radius 3 is 2.91 bits per heavy atom. The van der Waals surface area contributed by atoms with E-state index in [0.29, 0.717) is 48.6 Å². The lowest BCUT2D eigenvalue weighted by atomic mass is 9.85. The van der Waals surface area contributed by atoms with Crippen molar-refractivity contribution in [1.82, 2.24) is 14.9 Å². The second-order valence-electron chi connectivity index (χ2n) is 8.22. The van der Waals surface area contributed by atoms with Crippen molar-refractivity contribution in [2.45, 2.75) is 38.5 Å². The predicted molar refractivity (Wildman–Crippen MR) is 120 cm³/mol. The maximum atomic E-state index is 13.4. The Morgan fingerprint density at radius 2 is 2.12 bits per heavy atom. The minimum atomic E-state index is -1.71. The summed E-state index contributed by atoms with van der Waals surface area (Å²) in [5.41, 5.74) is 7.16. The van der Waals surface area contributed by atoms with Crippen LogP contribution in [0.2, 0.25) is 0 Å². The van der Waals surface area contributed by atoms with E-state index < -0.39 is 17.7 Å². The summed E-state index contributed by atoms with van der Waals surface area (Å²) in [6.45, 7) is 2.65. The molecule has 9 heteroatoms. The third-order valence-electron chi connectivity index (χ3n) is 6.30. The largest absolute Gasteiger partial charge is 0.457 e. The number of nitrogens with one attached hydrogen (secondary N) is 1. The van der Waals surface area contributed by atoms with E-state index in [4.69, 9.17) is 20.2 Å². The van der Waals surface area contributed by atoms with E-state index in [1.54, 1.807) is 17.6 Å². The first-order valence-electron chi connectivity index (χ1n) is 11.0. The molecule has 0 unspecified atom stereocenters. The van der Waals surface area contributed by atoms with Crippen molar-refractivity contribution in [2.75, 3.05) is 13.1 Å². The molecule has 2 aliphatic rings. The van der Waals surface area contributed by atoms with Gasteiger partial charge in [-0.25, -0.2) is 14.6 Å². The number of nitrogens with zero attached hydrogens (tertiary/aromatic N) is 2. The van der Waals surface area contributed by atoms with Gasteiger partial charge in [0.05, 0.1) is 29.0 Å². The van der Waals surface area contributed by atoms with Crippen LogP contribution in [-0.4, -0.2) is 34.7 Å². The van der Waals surface area contributed by atoms with Crippen molar-refractivity contribution in [1.29, 1.82) is 0 Å². The summed E-state index contributed by atoms with van der Waals surface area (Å²) in [4.78, 5) is 43.7. The molecule has 1 aromatic carbocycles. The van der Waals surface area contributed by atoms with Gasteiger partial charge < -0.3 is 25.1 Å². The van der Waals surface area contributed by atoms with Crippen LogP contribution in [0.25, 0.3) is 22.3 Å². The summed E-state index contributed by atoms with van der Waals surface area (Å²) >= 11 is 0. The van der Waals surface area contributed by atoms with Gasteiger partial charge in [-0.2, -0.15) is 0 Å². The molecule has 9 nitrogen and oxygen atoms in total. The monoisotopic (exact) mass is 448 g/mol. The van der Waals surface area contributed by atoms with Crippen LogP contribution in [0.5, 0.6) is 0 Å². The molecule has 3 N–H and O–H groups in total. The van der Waals surface area contributed by atoms with Crippen LogP contribution >= 0.6 is 0 Å². The Kier molecular flexibility index (Phi) is 5.13. The third kappa shape index (κ3) is 3.27. The van der Waals surface area contributed by atoms with Crippen molar-refractivity contribution in [3.05, 3.63) is 63.4 Å². The van der Waals surface area contributed by atoms with Gasteiger partial charge in [-0.3, -0.25) is 4.79 Å². The number of amides is 1. The van der Waals surface area contributed by atoms with Gasteiger partial charge in [-0.15, -0.1) is 0 Å². The minimum Gasteiger partial charge on any atom is -0.457 e. The Morgan fingerprint density at radius 1 is 1.30 bits per heavy atom. The van der Waals surface area contributed by atoms with E-state index in [9.17, 15) is 14.4 Å². The molecule has 2 aliphatic heterocycles. The first-order valence-corrected chi connectivity index (χ1v) is 11.0. The summed E-state index contributed by atoms with van der Waals surface area (Å²) in [6.07, 6.45) is -0.0786. The summed E-state index contributed by atoms with van der Waals surface area (Å²) in [5, 5.41) is 3.59. The molecule has 33 heavy (non-hydrogen) atoms. The number of fused-ring (bicyclic) bond motifs is 5. The Labute approximate surface area is 189 Å². The fraction of sp³-hybridized carbons (Fsp3) is 0.333. The number of benzene rings is 1. The molecular weight excluding hydrogens is 424 g/mol. The van der Waals surface area contributed by atoms with Crippen LogP contribution in [0.4, 0.5) is 4.79 Å². The molecule has 0 saturated carbocycles. The quantitative estimate of drug-likeness (QED) is 0.354. The topological polar surface area (TPSA) is 126 Å². The van der Waals surface area contributed by atoms with Gasteiger partial charge in [0, 0.05) is 23.1 Å². The number of carbonyl (C=O) groups is 2. The number of carbonyl (C=O) groups excluding carboxylic acids is 2. The Balaban J connectivity index is 1.64. The number of para-hydroxylation sites is 1. The highest BCUT2D eigenvalue weighted by atomic mass is 16.6. The zero-order valence-electron chi connectivity index (χ0n) is 18.2. The molecule has 3 aromatic rings. The highest BCUT2D eigenvalue weighted by molar-refractivity contribution is 5.88. The molecule has 0 saturated heterocycles. The number of aromatic nitrogens is 2. The van der Waals surface area contributed by atoms with Crippen molar-refractivity contribution in [3.63, 3.8) is 0 Å². The van der Waals surface area contributed by atoms with Gasteiger partial charge >= 0.3 is 12.1 Å². The minimum absolute atomic E-state index is 0.115. The lowest BCUT2D eigenvalue weighted by Gasteiger charge is -2.35. The van der Waals surface area contributed by atoms with Crippen LogP contribution in [0.3, 0.4) is 0 Å². The fourth-order valence-electron chi connectivity index (χ4n) is 4.57. The zero-order chi connectivity index (χ0) is 23.2. The number of hydrogen-bond donors (Lipinski definition) is 2. The summed E-state index contributed by atoms with van der Waals surface area (Å²) in [7, 11) is 0. The third-order valence-corrected chi connectivity index (χ3v) is 6.30. The van der Waals surface area contributed by atoms with Gasteiger partial charge in [0.15, 0.2) is 0 Å². The standard InChI is InChI=1S/C24H24N4O5/c1-2-24(33-23(31)26-9-5-8-25)17-11-19-20-15(10-14-6-3-4-7-18(14)27-20)12-28(19)21(29)16(17)13-32-22(24)30/h3-4,6-7,10-11H,2,5,8-9,12-13,25H2,1H3,(H,26,31)/t24-/m0/s1. The highest BCUT2D eigenvalue weighted by Crippen LogP contribution is 2.40. The first-order chi connectivity index (χ1) is 16.0. The van der Waals surface area contributed by atoms with Gasteiger partial charge in [-0.05, 0) is 37.6 Å². The maximum Gasteiger partial charge on any atom is 0.408 e. The SMILES string of the molecule is CC[C@@]1(OC(=O)NCCCN)C(=O)OCc2c1cc1n(c2=O)Cc2cc3ccccc3nc2-1. The number of ether oxygens (including phenoxy) is 2. The number of esters is 1. The number of cyclic esters (lactones) is 1. The molecule has 0 bridgehead atoms. The number of pyridine rings is 2. The van der Waals surface area contributed by atoms with E-state index >= 15 is 0 Å². The lowest BCUT2D eigenvalue weighted by Crippen LogP contribution is -2.49. The molecule has 2 aromatic heterocycles. The molecule has 0 aliphatic carbocycles. The molecule has 4 heterocycles. The van der Waals surface area contributed by atoms with E-state index in [-0.39, 0.29) is 18.6 Å². The molecule has 0 fully saturated rings. The van der Waals surface area contributed by atoms with Crippen LogP contribution in [0.15, 0.2) is 41.2 Å². The molecular formula is C24H24N4O5. The second-order valence-corrected chi connectivity index (χ2v) is 8.22. The van der Waals surface area contributed by atoms with Crippen molar-refractivity contribution in [3.8, 4) is 11.4 Å². The van der Waals surface area contributed by atoms with Crippen LogP contribution in [0, 0.1) is 0 Å². The molecule has 5 rings (SSSR count). The second kappa shape index (κ2) is 8.00. The summed E-state index contributed by atoms with van der Waals surface area (Å²) in [6, 6.07) is 11.5. The van der Waals surface area contributed by atoms with Gasteiger partial charge in [0.2, 0.25) is 5.60 Å². The molecule has 1 atom stereocenters. The average Bonchev–Trinajstić information content (AvgIpc) is 3.17. The number of nitrogens with two attached hydrogens (primary N) is 1. The predicted octanol–water partition coefficient (Wildman–Crippen LogP) is 2.16. The summed E-state index contributed by atoms with van der Waals surface area (Å²) in [5.74, 6) is -0.694. The van der Waals surface area contributed by atoms with Crippen molar-refractivity contribution >= 4 is 23.0 Å². The molecule has 1 amide bonds. The van der Waals surface area contributed by atoms with Crippen molar-refractivity contribution in [2.24, 2.45) is 5.73 Å². The zero-order valence-corrected chi connectivity index (χ0v) is 18.2. The fourth-order valence-corrected chi connectivity index (χ4v) is 4.57. The molecule has 170 valence electrons. The maximum absolute atomic E-state index is 13.4. The molecule has 0 spiro atoms.